The van der Waals surface area contributed by atoms with E-state index in [0.717, 1.165) is 0 Å². The van der Waals surface area contributed by atoms with Gasteiger partial charge in [-0.1, -0.05) is 6.07 Å². The van der Waals surface area contributed by atoms with Gasteiger partial charge in [-0.2, -0.15) is 5.26 Å². The molecule has 2 amide bonds. The van der Waals surface area contributed by atoms with Crippen LogP contribution >= 0.6 is 0 Å². The number of nitrogens with one attached hydrogen (secondary N) is 2. The van der Waals surface area contributed by atoms with Crippen molar-refractivity contribution >= 4 is 23.2 Å². The normalized spacial score (nSPS) is 9.73. The topological polar surface area (TPSA) is 100 Å². The van der Waals surface area contributed by atoms with E-state index in [4.69, 9.17) is 14.7 Å². The van der Waals surface area contributed by atoms with Gasteiger partial charge in [-0.3, -0.25) is 9.59 Å². The van der Waals surface area contributed by atoms with E-state index in [0.29, 0.717) is 35.0 Å². The van der Waals surface area contributed by atoms with Crippen LogP contribution in [-0.2, 0) is 9.59 Å². The molecule has 7 nitrogen and oxygen atoms in total. The molecule has 0 unspecified atom stereocenters. The Labute approximate surface area is 151 Å². The average molecular weight is 353 g/mol. The van der Waals surface area contributed by atoms with Gasteiger partial charge >= 0.3 is 0 Å². The summed E-state index contributed by atoms with van der Waals surface area (Å²) in [5, 5.41) is 14.3. The van der Waals surface area contributed by atoms with Gasteiger partial charge in [0.2, 0.25) is 5.91 Å². The molecule has 134 valence electrons. The van der Waals surface area contributed by atoms with Gasteiger partial charge in [-0.25, -0.2) is 0 Å². The summed E-state index contributed by atoms with van der Waals surface area (Å²) in [5.41, 5.74) is 1.57. The second-order valence-electron chi connectivity index (χ2n) is 5.31. The lowest BCUT2D eigenvalue weighted by atomic mass is 10.2. The molecule has 0 fully saturated rings. The van der Waals surface area contributed by atoms with Crippen LogP contribution in [0.5, 0.6) is 11.5 Å². The number of rotatable bonds is 7. The molecule has 26 heavy (non-hydrogen) atoms. The maximum absolute atomic E-state index is 12.1. The van der Waals surface area contributed by atoms with Gasteiger partial charge in [0.25, 0.3) is 5.91 Å². The molecule has 0 radical (unpaired) electrons. The Morgan fingerprint density at radius 1 is 1.04 bits per heavy atom. The number of carbonyl (C=O) groups is 2. The SMILES string of the molecule is CCOc1cc(C#N)ccc1OCC(=O)Nc1cccc(NC(C)=O)c1. The van der Waals surface area contributed by atoms with E-state index in [9.17, 15) is 9.59 Å². The molecule has 0 spiro atoms. The van der Waals surface area contributed by atoms with Crippen molar-refractivity contribution in [2.75, 3.05) is 23.8 Å². The first-order chi connectivity index (χ1) is 12.5. The Morgan fingerprint density at radius 2 is 1.77 bits per heavy atom. The lowest BCUT2D eigenvalue weighted by molar-refractivity contribution is -0.118. The highest BCUT2D eigenvalue weighted by Crippen LogP contribution is 2.28. The summed E-state index contributed by atoms with van der Waals surface area (Å²) < 4.78 is 10.9. The fourth-order valence-electron chi connectivity index (χ4n) is 2.18. The van der Waals surface area contributed by atoms with Crippen molar-refractivity contribution in [3.05, 3.63) is 48.0 Å². The highest BCUT2D eigenvalue weighted by Gasteiger charge is 2.10. The molecule has 0 aliphatic rings. The second kappa shape index (κ2) is 9.08. The van der Waals surface area contributed by atoms with Crippen molar-refractivity contribution in [2.24, 2.45) is 0 Å². The summed E-state index contributed by atoms with van der Waals surface area (Å²) in [6, 6.07) is 13.6. The van der Waals surface area contributed by atoms with Crippen LogP contribution < -0.4 is 20.1 Å². The Morgan fingerprint density at radius 3 is 2.42 bits per heavy atom. The lowest BCUT2D eigenvalue weighted by Gasteiger charge is -2.12. The maximum Gasteiger partial charge on any atom is 0.262 e. The lowest BCUT2D eigenvalue weighted by Crippen LogP contribution is -2.20. The van der Waals surface area contributed by atoms with Gasteiger partial charge in [0.1, 0.15) is 0 Å². The average Bonchev–Trinajstić information content (AvgIpc) is 2.60. The summed E-state index contributed by atoms with van der Waals surface area (Å²) in [5.74, 6) is 0.234. The van der Waals surface area contributed by atoms with E-state index >= 15 is 0 Å². The van der Waals surface area contributed by atoms with Crippen molar-refractivity contribution in [3.8, 4) is 17.6 Å². The first-order valence-electron chi connectivity index (χ1n) is 7.99. The Hall–Kier alpha value is -3.53. The molecule has 0 saturated carbocycles. The zero-order chi connectivity index (χ0) is 18.9. The molecule has 7 heteroatoms. The fourth-order valence-corrected chi connectivity index (χ4v) is 2.18. The number of hydrogen-bond donors (Lipinski definition) is 2. The minimum Gasteiger partial charge on any atom is -0.490 e. The second-order valence-corrected chi connectivity index (χ2v) is 5.31. The first kappa shape index (κ1) is 18.8. The summed E-state index contributed by atoms with van der Waals surface area (Å²) in [4.78, 5) is 23.2. The fraction of sp³-hybridized carbons (Fsp3) is 0.211. The third-order valence-electron chi connectivity index (χ3n) is 3.20. The quantitative estimate of drug-likeness (QED) is 0.797. The smallest absolute Gasteiger partial charge is 0.262 e. The minimum atomic E-state index is -0.364. The molecule has 0 saturated heterocycles. The van der Waals surface area contributed by atoms with Gasteiger partial charge in [-0.15, -0.1) is 0 Å². The third kappa shape index (κ3) is 5.53. The minimum absolute atomic E-state index is 0.193. The van der Waals surface area contributed by atoms with Crippen molar-refractivity contribution in [1.82, 2.24) is 0 Å². The Balaban J connectivity index is 1.99. The molecule has 0 aliphatic heterocycles. The zero-order valence-electron chi connectivity index (χ0n) is 14.5. The number of amides is 2. The number of ether oxygens (including phenoxy) is 2. The van der Waals surface area contributed by atoms with Crippen LogP contribution in [0.1, 0.15) is 19.4 Å². The standard InChI is InChI=1S/C19H19N3O4/c1-3-25-18-9-14(11-20)7-8-17(18)26-12-19(24)22-16-6-4-5-15(10-16)21-13(2)23/h4-10H,3,12H2,1-2H3,(H,21,23)(H,22,24). The van der Waals surface area contributed by atoms with Crippen LogP contribution in [0.4, 0.5) is 11.4 Å². The molecule has 0 aliphatic carbocycles. The van der Waals surface area contributed by atoms with E-state index in [2.05, 4.69) is 10.6 Å². The number of anilines is 2. The molecule has 0 heterocycles. The molecule has 0 aromatic heterocycles. The van der Waals surface area contributed by atoms with Crippen LogP contribution in [0.15, 0.2) is 42.5 Å². The van der Waals surface area contributed by atoms with Crippen molar-refractivity contribution in [1.29, 1.82) is 5.26 Å². The summed E-state index contributed by atoms with van der Waals surface area (Å²) in [7, 11) is 0. The molecule has 2 aromatic carbocycles. The van der Waals surface area contributed by atoms with Crippen LogP contribution in [0.2, 0.25) is 0 Å². The van der Waals surface area contributed by atoms with Crippen LogP contribution in [0.3, 0.4) is 0 Å². The summed E-state index contributed by atoms with van der Waals surface area (Å²) in [6.07, 6.45) is 0. The highest BCUT2D eigenvalue weighted by atomic mass is 16.5. The molecule has 2 N–H and O–H groups in total. The first-order valence-corrected chi connectivity index (χ1v) is 7.99. The number of benzene rings is 2. The van der Waals surface area contributed by atoms with Crippen LogP contribution in [0, 0.1) is 11.3 Å². The van der Waals surface area contributed by atoms with Gasteiger partial charge in [0, 0.05) is 24.4 Å². The van der Waals surface area contributed by atoms with E-state index in [-0.39, 0.29) is 18.4 Å². The van der Waals surface area contributed by atoms with Gasteiger partial charge in [0.05, 0.1) is 18.2 Å². The van der Waals surface area contributed by atoms with Crippen LogP contribution in [0.25, 0.3) is 0 Å². The van der Waals surface area contributed by atoms with E-state index in [1.807, 2.05) is 13.0 Å². The van der Waals surface area contributed by atoms with Gasteiger partial charge < -0.3 is 20.1 Å². The highest BCUT2D eigenvalue weighted by molar-refractivity contribution is 5.94. The van der Waals surface area contributed by atoms with E-state index in [1.165, 1.54) is 6.92 Å². The monoisotopic (exact) mass is 353 g/mol. The van der Waals surface area contributed by atoms with Crippen LogP contribution in [-0.4, -0.2) is 25.0 Å². The van der Waals surface area contributed by atoms with Gasteiger partial charge in [-0.05, 0) is 37.3 Å². The van der Waals surface area contributed by atoms with E-state index < -0.39 is 0 Å². The third-order valence-corrected chi connectivity index (χ3v) is 3.20. The maximum atomic E-state index is 12.1. The zero-order valence-corrected chi connectivity index (χ0v) is 14.5. The summed E-state index contributed by atoms with van der Waals surface area (Å²) in [6.45, 7) is 3.41. The number of hydrogen-bond acceptors (Lipinski definition) is 5. The molecule has 2 aromatic rings. The predicted octanol–water partition coefficient (Wildman–Crippen LogP) is 2.93. The largest absolute Gasteiger partial charge is 0.490 e. The predicted molar refractivity (Wildman–Crippen MR) is 97.2 cm³/mol. The van der Waals surface area contributed by atoms with Crippen molar-refractivity contribution in [2.45, 2.75) is 13.8 Å². The van der Waals surface area contributed by atoms with Crippen molar-refractivity contribution < 1.29 is 19.1 Å². The number of nitriles is 1. The number of carbonyl (C=O) groups excluding carboxylic acids is 2. The molecule has 2 rings (SSSR count). The molecular formula is C19H19N3O4. The number of nitrogens with zero attached hydrogens (tertiary/aromatic N) is 1. The van der Waals surface area contributed by atoms with E-state index in [1.54, 1.807) is 42.5 Å². The van der Waals surface area contributed by atoms with Crippen molar-refractivity contribution in [3.63, 3.8) is 0 Å². The Kier molecular flexibility index (Phi) is 6.57. The van der Waals surface area contributed by atoms with Gasteiger partial charge in [0.15, 0.2) is 18.1 Å². The molecule has 0 atom stereocenters. The summed E-state index contributed by atoms with van der Waals surface area (Å²) >= 11 is 0. The Bertz CT molecular complexity index is 843. The molecular weight excluding hydrogens is 334 g/mol. The molecule has 0 bridgehead atoms.